The van der Waals surface area contributed by atoms with Gasteiger partial charge in [-0.15, -0.1) is 6.42 Å². The van der Waals surface area contributed by atoms with Gasteiger partial charge in [-0.25, -0.2) is 4.79 Å². The van der Waals surface area contributed by atoms with E-state index in [-0.39, 0.29) is 30.5 Å². The van der Waals surface area contributed by atoms with Gasteiger partial charge in [-0.05, 0) is 37.7 Å². The Morgan fingerprint density at radius 1 is 1.48 bits per heavy atom. The molecule has 2 rings (SSSR count). The zero-order chi connectivity index (χ0) is 20.4. The average Bonchev–Trinajstić information content (AvgIpc) is 3.07. The molecule has 1 aliphatic carbocycles. The fraction of sp³-hybridized carbons (Fsp3) is 0.500. The topological polar surface area (TPSA) is 89.9 Å². The lowest BCUT2D eigenvalue weighted by atomic mass is 10.0. The molecule has 1 saturated carbocycles. The summed E-state index contributed by atoms with van der Waals surface area (Å²) in [7, 11) is 0. The van der Waals surface area contributed by atoms with Gasteiger partial charge < -0.3 is 4.74 Å². The molecule has 2 unspecified atom stereocenters. The summed E-state index contributed by atoms with van der Waals surface area (Å²) < 4.78 is 7.73. The predicted molar refractivity (Wildman–Crippen MR) is 100 cm³/mol. The van der Waals surface area contributed by atoms with Crippen LogP contribution in [0.15, 0.2) is 28.1 Å². The Kier molecular flexibility index (Phi) is 5.75. The number of hydrogen-bond donors (Lipinski definition) is 0. The van der Waals surface area contributed by atoms with Gasteiger partial charge in [0.1, 0.15) is 5.82 Å². The molecule has 2 atom stereocenters. The van der Waals surface area contributed by atoms with Crippen molar-refractivity contribution < 1.29 is 9.53 Å². The van der Waals surface area contributed by atoms with Crippen LogP contribution < -0.4 is 5.69 Å². The van der Waals surface area contributed by atoms with Crippen LogP contribution in [0.5, 0.6) is 0 Å². The number of allylic oxidation sites excluding steroid dienone is 4. The molecular formula is C20H24N4O3. The summed E-state index contributed by atoms with van der Waals surface area (Å²) in [5.41, 5.74) is 0.705. The van der Waals surface area contributed by atoms with E-state index in [2.05, 4.69) is 17.1 Å². The Hall–Kier alpha value is -3.06. The Morgan fingerprint density at radius 3 is 2.70 bits per heavy atom. The number of terminal acetylenes is 1. The fourth-order valence-corrected chi connectivity index (χ4v) is 3.15. The van der Waals surface area contributed by atoms with Crippen molar-refractivity contribution in [3.8, 4) is 18.4 Å². The van der Waals surface area contributed by atoms with Crippen molar-refractivity contribution >= 4 is 5.97 Å². The molecule has 1 aliphatic rings. The molecule has 1 fully saturated rings. The van der Waals surface area contributed by atoms with Crippen LogP contribution in [0.4, 0.5) is 0 Å². The van der Waals surface area contributed by atoms with Crippen LogP contribution in [0.1, 0.15) is 33.5 Å². The van der Waals surface area contributed by atoms with E-state index in [1.54, 1.807) is 6.92 Å². The van der Waals surface area contributed by atoms with Crippen molar-refractivity contribution in [3.63, 3.8) is 0 Å². The molecule has 7 heteroatoms. The number of rotatable bonds is 6. The molecule has 0 amide bonds. The number of hydrogen-bond acceptors (Lipinski definition) is 5. The van der Waals surface area contributed by atoms with Gasteiger partial charge in [0.05, 0.1) is 24.1 Å². The lowest BCUT2D eigenvalue weighted by Crippen LogP contribution is -2.27. The van der Waals surface area contributed by atoms with Gasteiger partial charge in [-0.2, -0.15) is 15.0 Å². The van der Waals surface area contributed by atoms with Crippen molar-refractivity contribution in [1.29, 1.82) is 5.26 Å². The predicted octanol–water partition coefficient (Wildman–Crippen LogP) is 2.18. The van der Waals surface area contributed by atoms with E-state index in [0.717, 1.165) is 10.3 Å². The third-order valence-electron chi connectivity index (χ3n) is 5.18. The third-order valence-corrected chi connectivity index (χ3v) is 5.18. The van der Waals surface area contributed by atoms with Crippen LogP contribution >= 0.6 is 0 Å². The van der Waals surface area contributed by atoms with Gasteiger partial charge in [-0.3, -0.25) is 9.36 Å². The largest absolute Gasteiger partial charge is 0.442 e. The van der Waals surface area contributed by atoms with Crippen molar-refractivity contribution in [2.45, 2.75) is 47.9 Å². The van der Waals surface area contributed by atoms with Crippen LogP contribution in [0, 0.1) is 47.8 Å². The minimum absolute atomic E-state index is 0.0907. The lowest BCUT2D eigenvalue weighted by Gasteiger charge is -2.04. The van der Waals surface area contributed by atoms with Gasteiger partial charge in [0, 0.05) is 0 Å². The van der Waals surface area contributed by atoms with E-state index in [1.165, 1.54) is 4.57 Å². The molecule has 1 aromatic heterocycles. The second-order valence-corrected chi connectivity index (χ2v) is 7.20. The van der Waals surface area contributed by atoms with Gasteiger partial charge in [0.2, 0.25) is 0 Å². The molecule has 0 aromatic carbocycles. The van der Waals surface area contributed by atoms with Crippen LogP contribution in [0.3, 0.4) is 0 Å². The van der Waals surface area contributed by atoms with Crippen molar-refractivity contribution in [2.75, 3.05) is 0 Å². The van der Waals surface area contributed by atoms with Crippen LogP contribution in [0.2, 0.25) is 0 Å². The normalized spacial score (nSPS) is 21.3. The van der Waals surface area contributed by atoms with E-state index in [9.17, 15) is 14.9 Å². The third kappa shape index (κ3) is 3.88. The Bertz CT molecular complexity index is 947. The van der Waals surface area contributed by atoms with Crippen molar-refractivity contribution in [2.24, 2.45) is 17.3 Å². The fourth-order valence-electron chi connectivity index (χ4n) is 3.15. The molecule has 0 aliphatic heterocycles. The maximum atomic E-state index is 12.5. The van der Waals surface area contributed by atoms with E-state index < -0.39 is 11.7 Å². The maximum absolute atomic E-state index is 12.5. The zero-order valence-corrected chi connectivity index (χ0v) is 16.3. The van der Waals surface area contributed by atoms with Gasteiger partial charge >= 0.3 is 11.7 Å². The zero-order valence-electron chi connectivity index (χ0n) is 16.3. The number of esters is 1. The lowest BCUT2D eigenvalue weighted by molar-refractivity contribution is -0.150. The average molecular weight is 368 g/mol. The SMILES string of the molecule is C#CCn1c(C)nn(COC(=O)C2C(/C=C(C#N)/C(C)=C/C)C2(C)C)c1=O. The molecule has 0 spiro atoms. The molecule has 0 bridgehead atoms. The first-order chi connectivity index (χ1) is 12.7. The molecule has 1 heterocycles. The molecule has 0 radical (unpaired) electrons. The number of nitrogens with zero attached hydrogens (tertiary/aromatic N) is 4. The summed E-state index contributed by atoms with van der Waals surface area (Å²) in [5, 5.41) is 13.4. The first kappa shape index (κ1) is 20.3. The minimum Gasteiger partial charge on any atom is -0.442 e. The van der Waals surface area contributed by atoms with Crippen molar-refractivity contribution in [1.82, 2.24) is 14.3 Å². The van der Waals surface area contributed by atoms with Crippen LogP contribution in [0.25, 0.3) is 0 Å². The molecule has 7 nitrogen and oxygen atoms in total. The summed E-state index contributed by atoms with van der Waals surface area (Å²) in [5.74, 6) is 1.99. The highest BCUT2D eigenvalue weighted by Crippen LogP contribution is 2.60. The number of aromatic nitrogens is 3. The molecule has 1 aromatic rings. The summed E-state index contributed by atoms with van der Waals surface area (Å²) >= 11 is 0. The molecule has 0 saturated heterocycles. The summed E-state index contributed by atoms with van der Waals surface area (Å²) in [4.78, 5) is 24.7. The van der Waals surface area contributed by atoms with E-state index in [0.29, 0.717) is 11.4 Å². The number of carbonyl (C=O) groups is 1. The van der Waals surface area contributed by atoms with Gasteiger partial charge in [0.15, 0.2) is 6.73 Å². The summed E-state index contributed by atoms with van der Waals surface area (Å²) in [6.45, 7) is 9.15. The molecule has 142 valence electrons. The van der Waals surface area contributed by atoms with Gasteiger partial charge in [-0.1, -0.05) is 31.9 Å². The number of ether oxygens (including phenoxy) is 1. The first-order valence-electron chi connectivity index (χ1n) is 8.68. The standard InChI is InChI=1S/C20H24N4O3/c1-7-9-23-14(4)22-24(19(23)26)12-27-18(25)17-16(20(17,5)6)10-15(11-21)13(3)8-2/h1,8,10,16-17H,9,12H2,2-6H3/b13-8+,15-10+. The van der Waals surface area contributed by atoms with Crippen molar-refractivity contribution in [3.05, 3.63) is 39.6 Å². The Labute approximate surface area is 158 Å². The Balaban J connectivity index is 2.11. The summed E-state index contributed by atoms with van der Waals surface area (Å²) in [6, 6.07) is 2.17. The maximum Gasteiger partial charge on any atom is 0.349 e. The Morgan fingerprint density at radius 2 is 2.15 bits per heavy atom. The summed E-state index contributed by atoms with van der Waals surface area (Å²) in [6.07, 6.45) is 8.93. The highest BCUT2D eigenvalue weighted by Gasteiger charge is 2.61. The van der Waals surface area contributed by atoms with Gasteiger partial charge in [0.25, 0.3) is 0 Å². The van der Waals surface area contributed by atoms with Crippen LogP contribution in [-0.2, 0) is 22.8 Å². The second-order valence-electron chi connectivity index (χ2n) is 7.20. The second kappa shape index (κ2) is 7.67. The highest BCUT2D eigenvalue weighted by molar-refractivity contribution is 5.78. The number of nitriles is 1. The molecular weight excluding hydrogens is 344 g/mol. The monoisotopic (exact) mass is 368 g/mol. The van der Waals surface area contributed by atoms with E-state index in [4.69, 9.17) is 11.2 Å². The highest BCUT2D eigenvalue weighted by atomic mass is 16.5. The van der Waals surface area contributed by atoms with E-state index in [1.807, 2.05) is 39.8 Å². The smallest absolute Gasteiger partial charge is 0.349 e. The number of aryl methyl sites for hydroxylation is 1. The quantitative estimate of drug-likeness (QED) is 0.332. The molecule has 0 N–H and O–H groups in total. The van der Waals surface area contributed by atoms with Crippen LogP contribution in [-0.4, -0.2) is 20.3 Å². The van der Waals surface area contributed by atoms with E-state index >= 15 is 0 Å². The molecule has 27 heavy (non-hydrogen) atoms. The first-order valence-corrected chi connectivity index (χ1v) is 8.68. The minimum atomic E-state index is -0.416. The number of carbonyl (C=O) groups excluding carboxylic acids is 1.